The summed E-state index contributed by atoms with van der Waals surface area (Å²) in [5.74, 6) is -2.55. The molecule has 2 N–H and O–H groups in total. The molecule has 1 aliphatic heterocycles. The van der Waals surface area contributed by atoms with E-state index in [4.69, 9.17) is 10.00 Å². The van der Waals surface area contributed by atoms with Gasteiger partial charge >= 0.3 is 0 Å². The summed E-state index contributed by atoms with van der Waals surface area (Å²) in [7, 11) is 1.58. The number of aromatic nitrogens is 2. The summed E-state index contributed by atoms with van der Waals surface area (Å²) in [5.41, 5.74) is 1.86. The Morgan fingerprint density at radius 2 is 1.91 bits per heavy atom. The monoisotopic (exact) mass is 434 g/mol. The highest BCUT2D eigenvalue weighted by Gasteiger charge is 2.32. The molecule has 32 heavy (non-hydrogen) atoms. The van der Waals surface area contributed by atoms with E-state index in [2.05, 4.69) is 16.0 Å². The van der Waals surface area contributed by atoms with Crippen LogP contribution in [0.3, 0.4) is 0 Å². The summed E-state index contributed by atoms with van der Waals surface area (Å²) in [6.07, 6.45) is 0. The van der Waals surface area contributed by atoms with Crippen LogP contribution in [0.25, 0.3) is 21.7 Å². The molecule has 0 spiro atoms. The quantitative estimate of drug-likeness (QED) is 0.504. The minimum Gasteiger partial charge on any atom is -0.373 e. The number of likely N-dealkylation sites (N-methyl/N-ethyl adjacent to an activating group) is 1. The molecule has 4 aromatic rings. The highest BCUT2D eigenvalue weighted by Crippen LogP contribution is 2.34. The molecule has 0 unspecified atom stereocenters. The summed E-state index contributed by atoms with van der Waals surface area (Å²) in [6, 6.07) is 9.97. The van der Waals surface area contributed by atoms with Crippen LogP contribution in [-0.4, -0.2) is 34.4 Å². The number of pyridine rings is 1. The van der Waals surface area contributed by atoms with Crippen LogP contribution in [0.2, 0.25) is 0 Å². The lowest BCUT2D eigenvalue weighted by Gasteiger charge is -2.33. The number of rotatable bonds is 2. The number of H-pyrrole nitrogens is 2. The molecule has 0 saturated carbocycles. The van der Waals surface area contributed by atoms with E-state index >= 15 is 0 Å². The van der Waals surface area contributed by atoms with Gasteiger partial charge in [0.2, 0.25) is 0 Å². The Hall–Kier alpha value is -4.03. The molecular formula is C23H16F2N4O3. The Morgan fingerprint density at radius 3 is 2.66 bits per heavy atom. The Morgan fingerprint density at radius 1 is 1.16 bits per heavy atom. The maximum atomic E-state index is 14.1. The Labute approximate surface area is 179 Å². The summed E-state index contributed by atoms with van der Waals surface area (Å²) in [4.78, 5) is 32.8. The molecule has 2 aromatic heterocycles. The molecule has 0 aliphatic carbocycles. The second kappa shape index (κ2) is 7.28. The average Bonchev–Trinajstić information content (AvgIpc) is 3.22. The van der Waals surface area contributed by atoms with Crippen molar-refractivity contribution in [2.75, 3.05) is 13.7 Å². The van der Waals surface area contributed by atoms with Gasteiger partial charge in [-0.05, 0) is 41.8 Å². The molecule has 2 aromatic carbocycles. The van der Waals surface area contributed by atoms with Crippen molar-refractivity contribution in [3.05, 3.63) is 80.9 Å². The lowest BCUT2D eigenvalue weighted by atomic mass is 9.95. The molecule has 3 heterocycles. The molecule has 5 rings (SSSR count). The van der Waals surface area contributed by atoms with E-state index in [1.165, 1.54) is 4.90 Å². The first-order valence-electron chi connectivity index (χ1n) is 9.79. The van der Waals surface area contributed by atoms with Gasteiger partial charge in [0, 0.05) is 29.2 Å². The lowest BCUT2D eigenvalue weighted by molar-refractivity contribution is 0.0333. The number of ether oxygens (including phenoxy) is 1. The number of carbonyl (C=O) groups excluding carboxylic acids is 1. The first kappa shape index (κ1) is 19.9. The molecule has 160 valence electrons. The van der Waals surface area contributed by atoms with Gasteiger partial charge in [0.15, 0.2) is 11.6 Å². The van der Waals surface area contributed by atoms with Gasteiger partial charge in [0.05, 0.1) is 36.3 Å². The molecule has 0 bridgehead atoms. The van der Waals surface area contributed by atoms with Gasteiger partial charge in [-0.25, -0.2) is 8.78 Å². The highest BCUT2D eigenvalue weighted by atomic mass is 19.2. The Bertz CT molecular complexity index is 1520. The van der Waals surface area contributed by atoms with Gasteiger partial charge in [-0.1, -0.05) is 0 Å². The zero-order chi connectivity index (χ0) is 22.6. The first-order valence-corrected chi connectivity index (χ1v) is 9.79. The minimum atomic E-state index is -1.12. The van der Waals surface area contributed by atoms with Gasteiger partial charge in [0.25, 0.3) is 11.5 Å². The minimum absolute atomic E-state index is 0.00467. The number of amides is 1. The number of halogens is 2. The third-order valence-electron chi connectivity index (χ3n) is 5.81. The number of carbonyl (C=O) groups is 1. The summed E-state index contributed by atoms with van der Waals surface area (Å²) in [6.45, 7) is 0.204. The normalized spacial score (nSPS) is 15.5. The van der Waals surface area contributed by atoms with Crippen LogP contribution in [0, 0.1) is 23.0 Å². The molecule has 1 atom stereocenters. The second-order valence-electron chi connectivity index (χ2n) is 7.70. The van der Waals surface area contributed by atoms with Gasteiger partial charge < -0.3 is 19.6 Å². The maximum absolute atomic E-state index is 14.1. The molecule has 0 saturated heterocycles. The van der Waals surface area contributed by atoms with E-state index in [9.17, 15) is 18.4 Å². The number of fused-ring (bicyclic) bond motifs is 4. The van der Waals surface area contributed by atoms with Crippen LogP contribution in [0.1, 0.15) is 33.4 Å². The first-order chi connectivity index (χ1) is 15.4. The van der Waals surface area contributed by atoms with Crippen molar-refractivity contribution in [3.8, 4) is 6.07 Å². The molecule has 0 radical (unpaired) electrons. The van der Waals surface area contributed by atoms with Crippen molar-refractivity contribution in [3.63, 3.8) is 0 Å². The van der Waals surface area contributed by atoms with Crippen LogP contribution in [0.15, 0.2) is 41.2 Å². The molecule has 0 fully saturated rings. The number of nitrogens with zero attached hydrogens (tertiary/aromatic N) is 2. The predicted octanol–water partition coefficient (Wildman–Crippen LogP) is 3.50. The van der Waals surface area contributed by atoms with E-state index < -0.39 is 23.2 Å². The fourth-order valence-electron chi connectivity index (χ4n) is 4.20. The molecule has 1 aliphatic rings. The fourth-order valence-corrected chi connectivity index (χ4v) is 4.20. The zero-order valence-corrected chi connectivity index (χ0v) is 16.8. The van der Waals surface area contributed by atoms with Gasteiger partial charge in [0.1, 0.15) is 5.69 Å². The molecular weight excluding hydrogens is 418 g/mol. The number of hydrogen-bond acceptors (Lipinski definition) is 4. The van der Waals surface area contributed by atoms with E-state index in [-0.39, 0.29) is 29.9 Å². The summed E-state index contributed by atoms with van der Waals surface area (Å²) < 4.78 is 33.4. The van der Waals surface area contributed by atoms with Crippen LogP contribution < -0.4 is 5.56 Å². The molecule has 7 nitrogen and oxygen atoms in total. The molecule has 9 heteroatoms. The standard InChI is InChI=1S/C23H16F2N4O3/c1-29(23(31)18-5-12-4-11(8-26)2-3-17(12)27-18)20-10-32-9-19-21(20)13-6-15(24)16(25)7-14(13)22(30)28-19/h2-7,20,27H,9-10H2,1H3,(H,28,30)/t20-/m0/s1. The average molecular weight is 434 g/mol. The van der Waals surface area contributed by atoms with E-state index in [0.29, 0.717) is 33.4 Å². The van der Waals surface area contributed by atoms with Crippen LogP contribution in [0.5, 0.6) is 0 Å². The number of hydrogen-bond donors (Lipinski definition) is 2. The third kappa shape index (κ3) is 3.04. The van der Waals surface area contributed by atoms with E-state index in [1.807, 2.05) is 0 Å². The van der Waals surface area contributed by atoms with Gasteiger partial charge in [-0.15, -0.1) is 0 Å². The third-order valence-corrected chi connectivity index (χ3v) is 5.81. The number of benzene rings is 2. The maximum Gasteiger partial charge on any atom is 0.270 e. The molecule has 1 amide bonds. The Balaban J connectivity index is 1.60. The van der Waals surface area contributed by atoms with Crippen molar-refractivity contribution in [1.29, 1.82) is 5.26 Å². The number of nitrogens with one attached hydrogen (secondary N) is 2. The van der Waals surface area contributed by atoms with Crippen LogP contribution in [0.4, 0.5) is 8.78 Å². The highest BCUT2D eigenvalue weighted by molar-refractivity contribution is 5.98. The van der Waals surface area contributed by atoms with Crippen molar-refractivity contribution >= 4 is 27.6 Å². The number of aromatic amines is 2. The largest absolute Gasteiger partial charge is 0.373 e. The fraction of sp³-hybridized carbons (Fsp3) is 0.174. The van der Waals surface area contributed by atoms with Crippen LogP contribution in [-0.2, 0) is 11.3 Å². The van der Waals surface area contributed by atoms with Crippen LogP contribution >= 0.6 is 0 Å². The number of nitriles is 1. The Kier molecular flexibility index (Phi) is 4.53. The van der Waals surface area contributed by atoms with Gasteiger partial charge in [-0.2, -0.15) is 5.26 Å². The van der Waals surface area contributed by atoms with Crippen molar-refractivity contribution in [2.24, 2.45) is 0 Å². The van der Waals surface area contributed by atoms with Crippen molar-refractivity contribution in [2.45, 2.75) is 12.6 Å². The van der Waals surface area contributed by atoms with E-state index in [0.717, 1.165) is 12.1 Å². The van der Waals surface area contributed by atoms with Crippen molar-refractivity contribution < 1.29 is 18.3 Å². The summed E-state index contributed by atoms with van der Waals surface area (Å²) in [5, 5.41) is 10.0. The predicted molar refractivity (Wildman–Crippen MR) is 112 cm³/mol. The zero-order valence-electron chi connectivity index (χ0n) is 16.8. The van der Waals surface area contributed by atoms with E-state index in [1.54, 1.807) is 31.3 Å². The smallest absolute Gasteiger partial charge is 0.270 e. The SMILES string of the molecule is CN(C(=O)c1cc2cc(C#N)ccc2[nH]1)[C@H]1COCc2[nH]c(=O)c3cc(F)c(F)cc3c21. The summed E-state index contributed by atoms with van der Waals surface area (Å²) >= 11 is 0. The topological polar surface area (TPSA) is 102 Å². The lowest BCUT2D eigenvalue weighted by Crippen LogP contribution is -2.37. The second-order valence-corrected chi connectivity index (χ2v) is 7.70. The van der Waals surface area contributed by atoms with Gasteiger partial charge in [-0.3, -0.25) is 9.59 Å². The van der Waals surface area contributed by atoms with Crippen molar-refractivity contribution in [1.82, 2.24) is 14.9 Å².